The monoisotopic (exact) mass is 340 g/mol. The first kappa shape index (κ1) is 17.3. The number of rotatable bonds is 7. The van der Waals surface area contributed by atoms with Gasteiger partial charge in [0.2, 0.25) is 0 Å². The number of likely N-dealkylation sites (N-methyl/N-ethyl adjacent to an activating group) is 1. The Morgan fingerprint density at radius 3 is 2.56 bits per heavy atom. The van der Waals surface area contributed by atoms with Crippen LogP contribution in [0.4, 0.5) is 11.4 Å². The van der Waals surface area contributed by atoms with E-state index in [0.29, 0.717) is 18.0 Å². The summed E-state index contributed by atoms with van der Waals surface area (Å²) in [5.74, 6) is 1.03. The summed E-state index contributed by atoms with van der Waals surface area (Å²) in [6, 6.07) is 15.0. The van der Waals surface area contributed by atoms with Crippen LogP contribution in [0, 0.1) is 5.92 Å². The van der Waals surface area contributed by atoms with Crippen LogP contribution < -0.4 is 10.1 Å². The molecule has 0 heterocycles. The van der Waals surface area contributed by atoms with Crippen LogP contribution in [0.25, 0.3) is 0 Å². The van der Waals surface area contributed by atoms with Gasteiger partial charge in [0, 0.05) is 19.3 Å². The molecule has 25 heavy (non-hydrogen) atoms. The van der Waals surface area contributed by atoms with E-state index in [4.69, 9.17) is 4.74 Å². The molecule has 1 aliphatic rings. The Balaban J connectivity index is 1.73. The van der Waals surface area contributed by atoms with Crippen LogP contribution in [-0.2, 0) is 0 Å². The molecule has 1 aliphatic carbocycles. The number of amides is 1. The van der Waals surface area contributed by atoms with E-state index in [2.05, 4.69) is 5.32 Å². The van der Waals surface area contributed by atoms with Crippen LogP contribution in [-0.4, -0.2) is 42.7 Å². The molecule has 1 unspecified atom stereocenters. The van der Waals surface area contributed by atoms with Crippen LogP contribution in [0.1, 0.15) is 23.2 Å². The summed E-state index contributed by atoms with van der Waals surface area (Å²) in [7, 11) is 3.36. The molecule has 0 bridgehead atoms. The molecule has 5 nitrogen and oxygen atoms in total. The second-order valence-electron chi connectivity index (χ2n) is 6.49. The molecule has 1 fully saturated rings. The summed E-state index contributed by atoms with van der Waals surface area (Å²) in [6.07, 6.45) is 1.67. The van der Waals surface area contributed by atoms with Crippen LogP contribution in [0.2, 0.25) is 0 Å². The number of methoxy groups -OCH3 is 1. The van der Waals surface area contributed by atoms with Gasteiger partial charge in [0.05, 0.1) is 24.5 Å². The van der Waals surface area contributed by atoms with Gasteiger partial charge in [0.15, 0.2) is 0 Å². The Bertz CT molecular complexity index is 726. The quantitative estimate of drug-likeness (QED) is 0.812. The smallest absolute Gasteiger partial charge is 0.255 e. The fourth-order valence-corrected chi connectivity index (χ4v) is 2.81. The van der Waals surface area contributed by atoms with Gasteiger partial charge < -0.3 is 20.1 Å². The van der Waals surface area contributed by atoms with E-state index >= 15 is 0 Å². The van der Waals surface area contributed by atoms with Crippen molar-refractivity contribution in [2.75, 3.05) is 26.0 Å². The molecule has 0 spiro atoms. The van der Waals surface area contributed by atoms with E-state index in [-0.39, 0.29) is 5.91 Å². The van der Waals surface area contributed by atoms with Gasteiger partial charge in [-0.1, -0.05) is 12.1 Å². The number of anilines is 2. The Labute approximate surface area is 148 Å². The highest BCUT2D eigenvalue weighted by atomic mass is 16.5. The summed E-state index contributed by atoms with van der Waals surface area (Å²) < 4.78 is 5.16. The van der Waals surface area contributed by atoms with Gasteiger partial charge in [0.1, 0.15) is 5.75 Å². The molecule has 2 N–H and O–H groups in total. The first-order valence-corrected chi connectivity index (χ1v) is 8.52. The molecule has 1 amide bonds. The number of hydrogen-bond acceptors (Lipinski definition) is 4. The van der Waals surface area contributed by atoms with E-state index in [1.807, 2.05) is 42.5 Å². The van der Waals surface area contributed by atoms with Crippen molar-refractivity contribution in [2.24, 2.45) is 5.92 Å². The predicted molar refractivity (Wildman–Crippen MR) is 98.4 cm³/mol. The van der Waals surface area contributed by atoms with Gasteiger partial charge in [-0.3, -0.25) is 4.79 Å². The lowest BCUT2D eigenvalue weighted by Gasteiger charge is -2.22. The van der Waals surface area contributed by atoms with Gasteiger partial charge in [-0.25, -0.2) is 0 Å². The number of ether oxygens (including phenoxy) is 1. The third kappa shape index (κ3) is 4.31. The van der Waals surface area contributed by atoms with Crippen molar-refractivity contribution in [3.63, 3.8) is 0 Å². The number of para-hydroxylation sites is 1. The van der Waals surface area contributed by atoms with Crippen molar-refractivity contribution >= 4 is 17.3 Å². The number of benzene rings is 2. The lowest BCUT2D eigenvalue weighted by molar-refractivity contribution is 0.0646. The first-order chi connectivity index (χ1) is 12.1. The van der Waals surface area contributed by atoms with Crippen LogP contribution in [0.3, 0.4) is 0 Å². The van der Waals surface area contributed by atoms with Gasteiger partial charge in [-0.05, 0) is 55.2 Å². The maximum Gasteiger partial charge on any atom is 0.255 e. The molecule has 1 saturated carbocycles. The summed E-state index contributed by atoms with van der Waals surface area (Å²) in [4.78, 5) is 14.4. The van der Waals surface area contributed by atoms with Crippen molar-refractivity contribution in [1.29, 1.82) is 0 Å². The second kappa shape index (κ2) is 7.57. The topological polar surface area (TPSA) is 61.8 Å². The normalized spacial score (nSPS) is 14.7. The van der Waals surface area contributed by atoms with Crippen LogP contribution in [0.15, 0.2) is 48.5 Å². The zero-order valence-electron chi connectivity index (χ0n) is 14.6. The Kier molecular flexibility index (Phi) is 5.24. The third-order valence-electron chi connectivity index (χ3n) is 4.50. The lowest BCUT2D eigenvalue weighted by Crippen LogP contribution is -2.35. The zero-order valence-corrected chi connectivity index (χ0v) is 14.6. The predicted octanol–water partition coefficient (Wildman–Crippen LogP) is 3.28. The molecule has 0 aliphatic heterocycles. The van der Waals surface area contributed by atoms with Crippen molar-refractivity contribution in [1.82, 2.24) is 4.90 Å². The molecular formula is C20H24N2O3. The maximum absolute atomic E-state index is 12.8. The van der Waals surface area contributed by atoms with E-state index in [1.165, 1.54) is 0 Å². The number of aliphatic hydroxyl groups is 1. The fourth-order valence-electron chi connectivity index (χ4n) is 2.81. The Morgan fingerprint density at radius 1 is 1.24 bits per heavy atom. The number of carbonyl (C=O) groups excluding carboxylic acids is 1. The Hall–Kier alpha value is -2.53. The van der Waals surface area contributed by atoms with Gasteiger partial charge in [0.25, 0.3) is 5.91 Å². The van der Waals surface area contributed by atoms with Gasteiger partial charge in [-0.2, -0.15) is 0 Å². The minimum absolute atomic E-state index is 0.101. The SMILES string of the molecule is COc1ccc(Nc2ccccc2C(=O)N(C)CC(O)C2CC2)cc1. The minimum atomic E-state index is -0.435. The van der Waals surface area contributed by atoms with Crippen LogP contribution >= 0.6 is 0 Å². The molecule has 0 saturated heterocycles. The average Bonchev–Trinajstić information content (AvgIpc) is 3.47. The highest BCUT2D eigenvalue weighted by molar-refractivity contribution is 6.00. The lowest BCUT2D eigenvalue weighted by atomic mass is 10.1. The van der Waals surface area contributed by atoms with E-state index < -0.39 is 6.10 Å². The second-order valence-corrected chi connectivity index (χ2v) is 6.49. The number of hydrogen-bond donors (Lipinski definition) is 2. The van der Waals surface area contributed by atoms with E-state index in [9.17, 15) is 9.90 Å². The largest absolute Gasteiger partial charge is 0.497 e. The first-order valence-electron chi connectivity index (χ1n) is 8.52. The molecule has 2 aromatic carbocycles. The van der Waals surface area contributed by atoms with Crippen molar-refractivity contribution in [2.45, 2.75) is 18.9 Å². The molecule has 1 atom stereocenters. The summed E-state index contributed by atoms with van der Waals surface area (Å²) >= 11 is 0. The summed E-state index contributed by atoms with van der Waals surface area (Å²) in [5, 5.41) is 13.4. The maximum atomic E-state index is 12.8. The fraction of sp³-hybridized carbons (Fsp3) is 0.350. The number of nitrogens with one attached hydrogen (secondary N) is 1. The molecule has 2 aromatic rings. The number of carbonyl (C=O) groups is 1. The molecule has 132 valence electrons. The highest BCUT2D eigenvalue weighted by Crippen LogP contribution is 2.33. The molecule has 0 aromatic heterocycles. The highest BCUT2D eigenvalue weighted by Gasteiger charge is 2.31. The van der Waals surface area contributed by atoms with Crippen molar-refractivity contribution in [3.05, 3.63) is 54.1 Å². The van der Waals surface area contributed by atoms with Gasteiger partial charge >= 0.3 is 0 Å². The van der Waals surface area contributed by atoms with Crippen LogP contribution in [0.5, 0.6) is 5.75 Å². The van der Waals surface area contributed by atoms with E-state index in [0.717, 1.165) is 30.0 Å². The Morgan fingerprint density at radius 2 is 1.92 bits per heavy atom. The standard InChI is InChI=1S/C20H24N2O3/c1-22(13-19(23)14-7-8-14)20(24)17-5-3-4-6-18(17)21-15-9-11-16(25-2)12-10-15/h3-6,9-12,14,19,21,23H,7-8,13H2,1-2H3. The molecule has 5 heteroatoms. The molecular weight excluding hydrogens is 316 g/mol. The molecule has 0 radical (unpaired) electrons. The molecule has 3 rings (SSSR count). The minimum Gasteiger partial charge on any atom is -0.497 e. The van der Waals surface area contributed by atoms with Crippen molar-refractivity contribution in [3.8, 4) is 5.75 Å². The zero-order chi connectivity index (χ0) is 17.8. The summed E-state index contributed by atoms with van der Waals surface area (Å²) in [6.45, 7) is 0.361. The number of nitrogens with zero attached hydrogens (tertiary/aromatic N) is 1. The summed E-state index contributed by atoms with van der Waals surface area (Å²) in [5.41, 5.74) is 2.20. The van der Waals surface area contributed by atoms with Crippen molar-refractivity contribution < 1.29 is 14.6 Å². The third-order valence-corrected chi connectivity index (χ3v) is 4.50. The van der Waals surface area contributed by atoms with Gasteiger partial charge in [-0.15, -0.1) is 0 Å². The average molecular weight is 340 g/mol. The van der Waals surface area contributed by atoms with E-state index in [1.54, 1.807) is 25.1 Å². The number of aliphatic hydroxyl groups excluding tert-OH is 1.